The fraction of sp³-hybridized carbons (Fsp3) is 0.438. The average molecular weight is 319 g/mol. The molecule has 1 atom stereocenters. The molecule has 0 spiro atoms. The third-order valence-corrected chi connectivity index (χ3v) is 4.48. The summed E-state index contributed by atoms with van der Waals surface area (Å²) in [4.78, 5) is 7.01. The number of rotatable bonds is 4. The second-order valence-corrected chi connectivity index (χ2v) is 6.15. The van der Waals surface area contributed by atoms with Gasteiger partial charge in [-0.05, 0) is 43.0 Å². The molecular formula is C16H19BrN2. The minimum atomic E-state index is 0.868. The van der Waals surface area contributed by atoms with Crippen LogP contribution in [0.25, 0.3) is 10.9 Å². The van der Waals surface area contributed by atoms with Crippen LogP contribution in [0.4, 0.5) is 0 Å². The molecule has 1 fully saturated rings. The van der Waals surface area contributed by atoms with Crippen molar-refractivity contribution in [3.05, 3.63) is 42.1 Å². The number of halogens is 1. The van der Waals surface area contributed by atoms with Crippen LogP contribution < -0.4 is 0 Å². The van der Waals surface area contributed by atoms with Gasteiger partial charge >= 0.3 is 0 Å². The Labute approximate surface area is 123 Å². The average Bonchev–Trinajstić information content (AvgIpc) is 2.87. The summed E-state index contributed by atoms with van der Waals surface area (Å²) in [5.41, 5.74) is 2.52. The highest BCUT2D eigenvalue weighted by Crippen LogP contribution is 2.24. The first-order valence-electron chi connectivity index (χ1n) is 6.98. The summed E-state index contributed by atoms with van der Waals surface area (Å²) < 4.78 is 0. The third-order valence-electron chi connectivity index (χ3n) is 4.02. The fourth-order valence-electron chi connectivity index (χ4n) is 2.98. The summed E-state index contributed by atoms with van der Waals surface area (Å²) in [5, 5.41) is 2.43. The SMILES string of the molecule is BrCCC1CCN(Cc2ccnc3ccccc23)C1. The second-order valence-electron chi connectivity index (χ2n) is 5.35. The molecule has 2 aromatic rings. The topological polar surface area (TPSA) is 16.1 Å². The largest absolute Gasteiger partial charge is 0.299 e. The van der Waals surface area contributed by atoms with Crippen molar-refractivity contribution in [3.8, 4) is 0 Å². The number of alkyl halides is 1. The first-order valence-corrected chi connectivity index (χ1v) is 8.10. The lowest BCUT2D eigenvalue weighted by molar-refractivity contribution is 0.316. The van der Waals surface area contributed by atoms with Crippen molar-refractivity contribution in [3.63, 3.8) is 0 Å². The van der Waals surface area contributed by atoms with Gasteiger partial charge in [-0.1, -0.05) is 34.1 Å². The van der Waals surface area contributed by atoms with Crippen molar-refractivity contribution in [2.45, 2.75) is 19.4 Å². The highest BCUT2D eigenvalue weighted by molar-refractivity contribution is 9.09. The van der Waals surface area contributed by atoms with E-state index in [1.165, 1.54) is 36.9 Å². The molecule has 19 heavy (non-hydrogen) atoms. The Morgan fingerprint density at radius 3 is 3.05 bits per heavy atom. The van der Waals surface area contributed by atoms with E-state index in [2.05, 4.69) is 56.1 Å². The van der Waals surface area contributed by atoms with Crippen LogP contribution in [0, 0.1) is 5.92 Å². The van der Waals surface area contributed by atoms with Gasteiger partial charge in [0, 0.05) is 30.0 Å². The minimum absolute atomic E-state index is 0.868. The Morgan fingerprint density at radius 1 is 1.26 bits per heavy atom. The lowest BCUT2D eigenvalue weighted by Crippen LogP contribution is -2.20. The summed E-state index contributed by atoms with van der Waals surface area (Å²) in [6.07, 6.45) is 4.58. The zero-order valence-electron chi connectivity index (χ0n) is 11.1. The lowest BCUT2D eigenvalue weighted by atomic mass is 10.1. The summed E-state index contributed by atoms with van der Waals surface area (Å²) in [7, 11) is 0. The van der Waals surface area contributed by atoms with Gasteiger partial charge in [-0.25, -0.2) is 0 Å². The third kappa shape index (κ3) is 2.98. The van der Waals surface area contributed by atoms with E-state index in [4.69, 9.17) is 0 Å². The van der Waals surface area contributed by atoms with Crippen LogP contribution in [0.15, 0.2) is 36.5 Å². The molecule has 2 nitrogen and oxygen atoms in total. The molecule has 1 aromatic heterocycles. The molecule has 1 unspecified atom stereocenters. The number of hydrogen-bond donors (Lipinski definition) is 0. The van der Waals surface area contributed by atoms with Gasteiger partial charge in [0.2, 0.25) is 0 Å². The molecule has 100 valence electrons. The minimum Gasteiger partial charge on any atom is -0.299 e. The molecule has 0 aliphatic carbocycles. The lowest BCUT2D eigenvalue weighted by Gasteiger charge is -2.17. The maximum absolute atomic E-state index is 4.44. The van der Waals surface area contributed by atoms with Gasteiger partial charge in [0.1, 0.15) is 0 Å². The van der Waals surface area contributed by atoms with Crippen LogP contribution in [0.1, 0.15) is 18.4 Å². The standard InChI is InChI=1S/C16H19BrN2/c17-8-5-13-7-10-19(11-13)12-14-6-9-18-16-4-2-1-3-15(14)16/h1-4,6,9,13H,5,7-8,10-12H2. The van der Waals surface area contributed by atoms with Gasteiger partial charge in [0.05, 0.1) is 5.52 Å². The van der Waals surface area contributed by atoms with E-state index >= 15 is 0 Å². The maximum atomic E-state index is 4.44. The molecule has 0 amide bonds. The van der Waals surface area contributed by atoms with Crippen molar-refractivity contribution in [2.24, 2.45) is 5.92 Å². The van der Waals surface area contributed by atoms with Crippen molar-refractivity contribution in [2.75, 3.05) is 18.4 Å². The van der Waals surface area contributed by atoms with Gasteiger partial charge in [0.15, 0.2) is 0 Å². The number of nitrogens with zero attached hydrogens (tertiary/aromatic N) is 2. The predicted octanol–water partition coefficient (Wildman–Crippen LogP) is 3.84. The zero-order valence-corrected chi connectivity index (χ0v) is 12.6. The van der Waals surface area contributed by atoms with Crippen LogP contribution in [-0.2, 0) is 6.54 Å². The van der Waals surface area contributed by atoms with Crippen molar-refractivity contribution >= 4 is 26.8 Å². The molecule has 1 saturated heterocycles. The van der Waals surface area contributed by atoms with Crippen molar-refractivity contribution < 1.29 is 0 Å². The summed E-state index contributed by atoms with van der Waals surface area (Å²) in [6.45, 7) is 3.53. The van der Waals surface area contributed by atoms with E-state index in [1.807, 2.05) is 6.20 Å². The zero-order chi connectivity index (χ0) is 13.1. The molecule has 2 heterocycles. The molecule has 0 radical (unpaired) electrons. The summed E-state index contributed by atoms with van der Waals surface area (Å²) >= 11 is 3.55. The van der Waals surface area contributed by atoms with Gasteiger partial charge in [-0.2, -0.15) is 0 Å². The Morgan fingerprint density at radius 2 is 2.16 bits per heavy atom. The number of benzene rings is 1. The van der Waals surface area contributed by atoms with Gasteiger partial charge in [-0.3, -0.25) is 9.88 Å². The molecule has 1 aliphatic heterocycles. The van der Waals surface area contributed by atoms with Crippen molar-refractivity contribution in [1.82, 2.24) is 9.88 Å². The molecular weight excluding hydrogens is 300 g/mol. The Hall–Kier alpha value is -0.930. The highest BCUT2D eigenvalue weighted by Gasteiger charge is 2.22. The second kappa shape index (κ2) is 6.02. The van der Waals surface area contributed by atoms with Gasteiger partial charge in [-0.15, -0.1) is 0 Å². The van der Waals surface area contributed by atoms with E-state index < -0.39 is 0 Å². The Bertz CT molecular complexity index is 550. The number of hydrogen-bond acceptors (Lipinski definition) is 2. The van der Waals surface area contributed by atoms with Gasteiger partial charge < -0.3 is 0 Å². The molecule has 0 saturated carbocycles. The van der Waals surface area contributed by atoms with E-state index in [0.29, 0.717) is 0 Å². The normalized spacial score (nSPS) is 20.2. The van der Waals surface area contributed by atoms with E-state index in [1.54, 1.807) is 0 Å². The van der Waals surface area contributed by atoms with Gasteiger partial charge in [0.25, 0.3) is 0 Å². The first-order chi connectivity index (χ1) is 9.36. The molecule has 0 bridgehead atoms. The monoisotopic (exact) mass is 318 g/mol. The van der Waals surface area contributed by atoms with Crippen LogP contribution in [0.3, 0.4) is 0 Å². The smallest absolute Gasteiger partial charge is 0.0705 e. The number of likely N-dealkylation sites (tertiary alicyclic amines) is 1. The number of fused-ring (bicyclic) bond motifs is 1. The van der Waals surface area contributed by atoms with Crippen LogP contribution in [0.2, 0.25) is 0 Å². The summed E-state index contributed by atoms with van der Waals surface area (Å²) in [5.74, 6) is 0.868. The number of aromatic nitrogens is 1. The fourth-order valence-corrected chi connectivity index (χ4v) is 3.63. The molecule has 1 aromatic carbocycles. The number of para-hydroxylation sites is 1. The molecule has 1 aliphatic rings. The predicted molar refractivity (Wildman–Crippen MR) is 83.5 cm³/mol. The molecule has 3 rings (SSSR count). The highest BCUT2D eigenvalue weighted by atomic mass is 79.9. The quantitative estimate of drug-likeness (QED) is 0.796. The van der Waals surface area contributed by atoms with Crippen LogP contribution >= 0.6 is 15.9 Å². The van der Waals surface area contributed by atoms with Crippen LogP contribution in [0.5, 0.6) is 0 Å². The summed E-state index contributed by atoms with van der Waals surface area (Å²) in [6, 6.07) is 10.6. The Balaban J connectivity index is 1.75. The Kier molecular flexibility index (Phi) is 4.14. The van der Waals surface area contributed by atoms with Crippen molar-refractivity contribution in [1.29, 1.82) is 0 Å². The molecule has 0 N–H and O–H groups in total. The van der Waals surface area contributed by atoms with E-state index in [9.17, 15) is 0 Å². The van der Waals surface area contributed by atoms with E-state index in [0.717, 1.165) is 23.3 Å². The van der Waals surface area contributed by atoms with E-state index in [-0.39, 0.29) is 0 Å². The maximum Gasteiger partial charge on any atom is 0.0705 e. The molecule has 3 heteroatoms. The first kappa shape index (κ1) is 13.1. The number of pyridine rings is 1. The van der Waals surface area contributed by atoms with Crippen LogP contribution in [-0.4, -0.2) is 28.3 Å².